The molecule has 31 heavy (non-hydrogen) atoms. The molecule has 168 valence electrons. The minimum absolute atomic E-state index is 0.0529. The number of aliphatic hydroxyl groups excluding tert-OH is 1. The Morgan fingerprint density at radius 3 is 2.65 bits per heavy atom. The number of ether oxygens (including phenoxy) is 1. The number of hydrogen-bond acceptors (Lipinski definition) is 6. The normalized spacial score (nSPS) is 12.5. The number of rotatable bonds is 9. The highest BCUT2D eigenvalue weighted by Gasteiger charge is 2.20. The molecule has 3 N–H and O–H groups in total. The molecule has 0 radical (unpaired) electrons. The zero-order valence-corrected chi connectivity index (χ0v) is 18.7. The summed E-state index contributed by atoms with van der Waals surface area (Å²) in [7, 11) is 1.55. The van der Waals surface area contributed by atoms with Crippen molar-refractivity contribution in [1.29, 1.82) is 0 Å². The zero-order chi connectivity index (χ0) is 22.7. The van der Waals surface area contributed by atoms with Crippen molar-refractivity contribution >= 4 is 17.1 Å². The van der Waals surface area contributed by atoms with E-state index in [2.05, 4.69) is 29.1 Å². The molecule has 2 heterocycles. The molecule has 3 rings (SSSR count). The second-order valence-electron chi connectivity index (χ2n) is 8.36. The summed E-state index contributed by atoms with van der Waals surface area (Å²) < 4.78 is 8.65. The Balaban J connectivity index is 1.85. The number of aromatic nitrogens is 4. The highest BCUT2D eigenvalue weighted by Crippen LogP contribution is 2.19. The number of aliphatic hydroxyl groups is 1. The van der Waals surface area contributed by atoms with E-state index in [4.69, 9.17) is 4.74 Å². The fraction of sp³-hybridized carbons (Fsp3) is 0.500. The third-order valence-corrected chi connectivity index (χ3v) is 5.33. The fourth-order valence-corrected chi connectivity index (χ4v) is 3.28. The highest BCUT2D eigenvalue weighted by atomic mass is 16.5. The highest BCUT2D eigenvalue weighted by molar-refractivity contribution is 5.74. The van der Waals surface area contributed by atoms with Crippen molar-refractivity contribution in [2.75, 3.05) is 18.5 Å². The van der Waals surface area contributed by atoms with Gasteiger partial charge in [-0.25, -0.2) is 4.79 Å². The van der Waals surface area contributed by atoms with Crippen LogP contribution in [-0.2, 0) is 13.6 Å². The molecule has 0 bridgehead atoms. The van der Waals surface area contributed by atoms with Crippen LogP contribution in [0.5, 0.6) is 5.75 Å². The molecule has 1 atom stereocenters. The number of nitrogens with zero attached hydrogens (tertiary/aromatic N) is 3. The molecule has 9 heteroatoms. The van der Waals surface area contributed by atoms with Gasteiger partial charge in [0, 0.05) is 13.6 Å². The number of imidazole rings is 1. The van der Waals surface area contributed by atoms with E-state index in [1.54, 1.807) is 11.6 Å². The lowest BCUT2D eigenvalue weighted by Crippen LogP contribution is -2.31. The molecule has 0 aliphatic rings. The Morgan fingerprint density at radius 2 is 1.97 bits per heavy atom. The van der Waals surface area contributed by atoms with Crippen LogP contribution in [0.25, 0.3) is 11.2 Å². The van der Waals surface area contributed by atoms with Crippen LogP contribution in [-0.4, -0.2) is 43.5 Å². The largest absolute Gasteiger partial charge is 0.491 e. The van der Waals surface area contributed by atoms with Crippen molar-refractivity contribution in [3.8, 4) is 5.75 Å². The second-order valence-corrected chi connectivity index (χ2v) is 8.36. The third-order valence-electron chi connectivity index (χ3n) is 5.33. The SMILES string of the molecule is Cc1ccc(OC[C@@H](O)Cn2c(NCCC(C)C)nc3c2c(=O)[nH]c(=O)n3C)cc1C. The predicted octanol–water partition coefficient (Wildman–Crippen LogP) is 1.94. The van der Waals surface area contributed by atoms with Crippen molar-refractivity contribution in [3.05, 3.63) is 50.2 Å². The average molecular weight is 430 g/mol. The molecule has 0 saturated heterocycles. The summed E-state index contributed by atoms with van der Waals surface area (Å²) in [5, 5.41) is 13.9. The third kappa shape index (κ3) is 5.16. The smallest absolute Gasteiger partial charge is 0.329 e. The molecule has 3 aromatic rings. The van der Waals surface area contributed by atoms with Gasteiger partial charge in [-0.2, -0.15) is 4.98 Å². The van der Waals surface area contributed by atoms with Crippen LogP contribution in [0.15, 0.2) is 27.8 Å². The Labute approximate surface area is 180 Å². The lowest BCUT2D eigenvalue weighted by Gasteiger charge is -2.16. The van der Waals surface area contributed by atoms with Gasteiger partial charge in [0.05, 0.1) is 6.54 Å². The van der Waals surface area contributed by atoms with Crippen molar-refractivity contribution in [1.82, 2.24) is 19.1 Å². The maximum atomic E-state index is 12.5. The topological polar surface area (TPSA) is 114 Å². The van der Waals surface area contributed by atoms with Crippen LogP contribution in [0, 0.1) is 19.8 Å². The van der Waals surface area contributed by atoms with Gasteiger partial charge in [-0.1, -0.05) is 19.9 Å². The summed E-state index contributed by atoms with van der Waals surface area (Å²) >= 11 is 0. The maximum absolute atomic E-state index is 12.5. The number of aromatic amines is 1. The van der Waals surface area contributed by atoms with Crippen LogP contribution < -0.4 is 21.3 Å². The summed E-state index contributed by atoms with van der Waals surface area (Å²) in [6, 6.07) is 5.76. The second kappa shape index (κ2) is 9.38. The van der Waals surface area contributed by atoms with Gasteiger partial charge in [0.25, 0.3) is 5.56 Å². The number of aryl methyl sites for hydroxylation is 3. The number of hydrogen-bond donors (Lipinski definition) is 3. The Hall–Kier alpha value is -3.07. The van der Waals surface area contributed by atoms with Gasteiger partial charge in [0.1, 0.15) is 18.5 Å². The lowest BCUT2D eigenvalue weighted by molar-refractivity contribution is 0.0938. The first-order valence-electron chi connectivity index (χ1n) is 10.5. The van der Waals surface area contributed by atoms with Gasteiger partial charge in [-0.15, -0.1) is 0 Å². The molecule has 0 amide bonds. The minimum Gasteiger partial charge on any atom is -0.491 e. The van der Waals surface area contributed by atoms with E-state index in [0.717, 1.165) is 12.0 Å². The molecular formula is C22H31N5O4. The van der Waals surface area contributed by atoms with E-state index in [1.807, 2.05) is 32.0 Å². The number of H-pyrrole nitrogens is 1. The number of benzene rings is 1. The molecular weight excluding hydrogens is 398 g/mol. The van der Waals surface area contributed by atoms with E-state index in [-0.39, 0.29) is 24.3 Å². The Kier molecular flexibility index (Phi) is 6.84. The summed E-state index contributed by atoms with van der Waals surface area (Å²) in [6.45, 7) is 9.06. The van der Waals surface area contributed by atoms with E-state index < -0.39 is 17.4 Å². The molecule has 2 aromatic heterocycles. The summed E-state index contributed by atoms with van der Waals surface area (Å²) in [5.41, 5.74) is 1.71. The summed E-state index contributed by atoms with van der Waals surface area (Å²) in [4.78, 5) is 31.3. The summed E-state index contributed by atoms with van der Waals surface area (Å²) in [6.07, 6.45) is 0.0259. The molecule has 0 unspecified atom stereocenters. The number of nitrogens with one attached hydrogen (secondary N) is 2. The van der Waals surface area contributed by atoms with Crippen LogP contribution in [0.3, 0.4) is 0 Å². The van der Waals surface area contributed by atoms with Gasteiger partial charge in [-0.05, 0) is 49.4 Å². The number of fused-ring (bicyclic) bond motifs is 1. The van der Waals surface area contributed by atoms with Crippen LogP contribution in [0.4, 0.5) is 5.95 Å². The Morgan fingerprint density at radius 1 is 1.23 bits per heavy atom. The molecule has 0 aliphatic carbocycles. The van der Waals surface area contributed by atoms with E-state index in [1.165, 1.54) is 10.1 Å². The first-order valence-corrected chi connectivity index (χ1v) is 10.5. The van der Waals surface area contributed by atoms with Crippen LogP contribution >= 0.6 is 0 Å². The first-order chi connectivity index (χ1) is 14.7. The van der Waals surface area contributed by atoms with Gasteiger partial charge < -0.3 is 19.7 Å². The first kappa shape index (κ1) is 22.6. The van der Waals surface area contributed by atoms with Crippen LogP contribution in [0.1, 0.15) is 31.4 Å². The predicted molar refractivity (Wildman–Crippen MR) is 121 cm³/mol. The van der Waals surface area contributed by atoms with Crippen LogP contribution in [0.2, 0.25) is 0 Å². The van der Waals surface area contributed by atoms with Crippen molar-refractivity contribution in [2.24, 2.45) is 13.0 Å². The van der Waals surface area contributed by atoms with E-state index in [0.29, 0.717) is 24.2 Å². The minimum atomic E-state index is -0.888. The molecule has 0 aliphatic heterocycles. The standard InChI is InChI=1S/C22H31N5O4/c1-13(2)8-9-23-21-24-19-18(20(29)25-22(30)26(19)5)27(21)11-16(28)12-31-17-7-6-14(3)15(4)10-17/h6-7,10,13,16,28H,8-9,11-12H2,1-5H3,(H,23,24)(H,25,29,30)/t16-/m0/s1. The zero-order valence-electron chi connectivity index (χ0n) is 18.7. The molecule has 0 fully saturated rings. The van der Waals surface area contributed by atoms with Gasteiger partial charge in [0.15, 0.2) is 11.2 Å². The van der Waals surface area contributed by atoms with Crippen molar-refractivity contribution in [2.45, 2.75) is 46.8 Å². The monoisotopic (exact) mass is 429 g/mol. The average Bonchev–Trinajstić information content (AvgIpc) is 3.05. The van der Waals surface area contributed by atoms with Gasteiger partial charge in [-0.3, -0.25) is 14.3 Å². The van der Waals surface area contributed by atoms with Crippen molar-refractivity contribution < 1.29 is 9.84 Å². The molecule has 0 spiro atoms. The van der Waals surface area contributed by atoms with E-state index >= 15 is 0 Å². The van der Waals surface area contributed by atoms with Gasteiger partial charge >= 0.3 is 5.69 Å². The molecule has 9 nitrogen and oxygen atoms in total. The van der Waals surface area contributed by atoms with Gasteiger partial charge in [0.2, 0.25) is 5.95 Å². The molecule has 0 saturated carbocycles. The maximum Gasteiger partial charge on any atom is 0.329 e. The fourth-order valence-electron chi connectivity index (χ4n) is 3.28. The lowest BCUT2D eigenvalue weighted by atomic mass is 10.1. The Bertz CT molecular complexity index is 1180. The quantitative estimate of drug-likeness (QED) is 0.479. The van der Waals surface area contributed by atoms with E-state index in [9.17, 15) is 14.7 Å². The van der Waals surface area contributed by atoms with Crippen molar-refractivity contribution in [3.63, 3.8) is 0 Å². The number of anilines is 1. The molecule has 1 aromatic carbocycles. The summed E-state index contributed by atoms with van der Waals surface area (Å²) in [5.74, 6) is 1.61.